The van der Waals surface area contributed by atoms with E-state index in [4.69, 9.17) is 9.31 Å². The van der Waals surface area contributed by atoms with Crippen molar-refractivity contribution in [1.82, 2.24) is 9.78 Å². The maximum Gasteiger partial charge on any atom is 0.494 e. The fourth-order valence-electron chi connectivity index (χ4n) is 3.13. The Labute approximate surface area is 148 Å². The molecule has 1 fully saturated rings. The van der Waals surface area contributed by atoms with Gasteiger partial charge in [0.05, 0.1) is 28.6 Å². The molecule has 1 aliphatic rings. The maximum absolute atomic E-state index is 6.19. The van der Waals surface area contributed by atoms with E-state index >= 15 is 0 Å². The molecule has 5 heteroatoms. The topological polar surface area (TPSA) is 36.3 Å². The van der Waals surface area contributed by atoms with Crippen molar-refractivity contribution in [3.8, 4) is 5.69 Å². The Morgan fingerprint density at radius 3 is 2.36 bits per heavy atom. The lowest BCUT2D eigenvalue weighted by Crippen LogP contribution is -2.41. The lowest BCUT2D eigenvalue weighted by Gasteiger charge is -2.32. The van der Waals surface area contributed by atoms with Gasteiger partial charge in [0, 0.05) is 5.39 Å². The first-order chi connectivity index (χ1) is 11.8. The molecule has 2 aromatic carbocycles. The smallest absolute Gasteiger partial charge is 0.399 e. The molecule has 1 aliphatic heterocycles. The summed E-state index contributed by atoms with van der Waals surface area (Å²) in [4.78, 5) is 0. The van der Waals surface area contributed by atoms with Crippen LogP contribution in [0.3, 0.4) is 0 Å². The Morgan fingerprint density at radius 1 is 0.960 bits per heavy atom. The fraction of sp³-hybridized carbons (Fsp3) is 0.350. The Balaban J connectivity index is 1.77. The predicted octanol–water partition coefficient (Wildman–Crippen LogP) is 3.63. The molecule has 0 atom stereocenters. The van der Waals surface area contributed by atoms with Gasteiger partial charge in [-0.25, -0.2) is 4.68 Å². The highest BCUT2D eigenvalue weighted by atomic mass is 16.7. The number of aryl methyl sites for hydroxylation is 1. The summed E-state index contributed by atoms with van der Waals surface area (Å²) >= 11 is 0. The first-order valence-corrected chi connectivity index (χ1v) is 8.67. The van der Waals surface area contributed by atoms with E-state index in [9.17, 15) is 0 Å². The molecule has 0 radical (unpaired) electrons. The third-order valence-corrected chi connectivity index (χ3v) is 5.37. The van der Waals surface area contributed by atoms with Crippen LogP contribution in [0.15, 0.2) is 48.7 Å². The normalized spacial score (nSPS) is 18.8. The zero-order valence-electron chi connectivity index (χ0n) is 15.4. The van der Waals surface area contributed by atoms with Gasteiger partial charge in [0.1, 0.15) is 0 Å². The van der Waals surface area contributed by atoms with Crippen molar-refractivity contribution < 1.29 is 9.31 Å². The van der Waals surface area contributed by atoms with Crippen molar-refractivity contribution in [1.29, 1.82) is 0 Å². The van der Waals surface area contributed by atoms with E-state index in [0.717, 1.165) is 22.1 Å². The zero-order chi connectivity index (χ0) is 17.8. The summed E-state index contributed by atoms with van der Waals surface area (Å²) in [5, 5.41) is 5.67. The molecule has 4 rings (SSSR count). The van der Waals surface area contributed by atoms with E-state index in [1.165, 1.54) is 5.56 Å². The van der Waals surface area contributed by atoms with E-state index in [-0.39, 0.29) is 18.3 Å². The molecule has 0 spiro atoms. The number of nitrogens with zero attached hydrogens (tertiary/aromatic N) is 2. The Morgan fingerprint density at radius 2 is 1.68 bits per heavy atom. The summed E-state index contributed by atoms with van der Waals surface area (Å²) < 4.78 is 14.3. The molecular formula is C20H23BN2O2. The molecule has 2 heterocycles. The zero-order valence-corrected chi connectivity index (χ0v) is 15.4. The molecule has 1 saturated heterocycles. The van der Waals surface area contributed by atoms with Gasteiger partial charge in [0.25, 0.3) is 0 Å². The number of rotatable bonds is 2. The molecule has 3 aromatic rings. The van der Waals surface area contributed by atoms with Gasteiger partial charge in [0.15, 0.2) is 0 Å². The highest BCUT2D eigenvalue weighted by Crippen LogP contribution is 2.36. The fourth-order valence-corrected chi connectivity index (χ4v) is 3.13. The van der Waals surface area contributed by atoms with Gasteiger partial charge in [-0.15, -0.1) is 0 Å². The number of benzene rings is 2. The number of hydrogen-bond acceptors (Lipinski definition) is 3. The van der Waals surface area contributed by atoms with Crippen molar-refractivity contribution in [2.24, 2.45) is 0 Å². The van der Waals surface area contributed by atoms with Crippen molar-refractivity contribution in [2.45, 2.75) is 45.8 Å². The van der Waals surface area contributed by atoms with E-state index in [1.54, 1.807) is 0 Å². The predicted molar refractivity (Wildman–Crippen MR) is 102 cm³/mol. The molecule has 0 N–H and O–H groups in total. The molecule has 1 aromatic heterocycles. The van der Waals surface area contributed by atoms with Crippen LogP contribution in [0.1, 0.15) is 33.3 Å². The van der Waals surface area contributed by atoms with Crippen LogP contribution >= 0.6 is 0 Å². The molecule has 25 heavy (non-hydrogen) atoms. The second kappa shape index (κ2) is 5.45. The van der Waals surface area contributed by atoms with Gasteiger partial charge < -0.3 is 9.31 Å². The third kappa shape index (κ3) is 2.68. The molecule has 0 aliphatic carbocycles. The second-order valence-electron chi connectivity index (χ2n) is 7.80. The number of aromatic nitrogens is 2. The van der Waals surface area contributed by atoms with Crippen LogP contribution in [-0.4, -0.2) is 28.1 Å². The molecular weight excluding hydrogens is 311 g/mol. The minimum atomic E-state index is -0.366. The maximum atomic E-state index is 6.19. The van der Waals surface area contributed by atoms with Crippen LogP contribution in [-0.2, 0) is 9.31 Å². The average Bonchev–Trinajstić information content (AvgIpc) is 3.05. The van der Waals surface area contributed by atoms with E-state index in [2.05, 4.69) is 82.2 Å². The van der Waals surface area contributed by atoms with E-state index in [1.807, 2.05) is 10.9 Å². The Hall–Kier alpha value is -2.11. The molecule has 0 amide bonds. The van der Waals surface area contributed by atoms with E-state index in [0.29, 0.717) is 0 Å². The summed E-state index contributed by atoms with van der Waals surface area (Å²) in [6.07, 6.45) is 1.89. The van der Waals surface area contributed by atoms with Crippen LogP contribution in [0.2, 0.25) is 0 Å². The summed E-state index contributed by atoms with van der Waals surface area (Å²) in [5.74, 6) is 0. The van der Waals surface area contributed by atoms with Gasteiger partial charge in [-0.1, -0.05) is 24.3 Å². The van der Waals surface area contributed by atoms with Crippen molar-refractivity contribution >= 4 is 23.5 Å². The van der Waals surface area contributed by atoms with Gasteiger partial charge in [-0.2, -0.15) is 5.10 Å². The Kier molecular flexibility index (Phi) is 3.57. The summed E-state index contributed by atoms with van der Waals surface area (Å²) in [6.45, 7) is 10.4. The first-order valence-electron chi connectivity index (χ1n) is 8.67. The highest BCUT2D eigenvalue weighted by molar-refractivity contribution is 6.62. The standard InChI is InChI=1S/C20H23BN2O2/c1-14-7-6-8-17(11-14)23-18-12-16(10-9-15(18)13-22-23)21-24-19(2,3)20(4,5)25-21/h6-13H,1-5H3. The third-order valence-electron chi connectivity index (χ3n) is 5.37. The van der Waals surface area contributed by atoms with Gasteiger partial charge in [-0.3, -0.25) is 0 Å². The lowest BCUT2D eigenvalue weighted by molar-refractivity contribution is 0.00578. The number of fused-ring (bicyclic) bond motifs is 1. The summed E-state index contributed by atoms with van der Waals surface area (Å²) in [7, 11) is -0.366. The molecule has 4 nitrogen and oxygen atoms in total. The van der Waals surface area contributed by atoms with Crippen LogP contribution in [0.4, 0.5) is 0 Å². The van der Waals surface area contributed by atoms with Crippen molar-refractivity contribution in [3.05, 3.63) is 54.2 Å². The summed E-state index contributed by atoms with van der Waals surface area (Å²) in [6, 6.07) is 14.6. The highest BCUT2D eigenvalue weighted by Gasteiger charge is 2.51. The molecule has 0 unspecified atom stereocenters. The van der Waals surface area contributed by atoms with Gasteiger partial charge in [0.2, 0.25) is 0 Å². The quantitative estimate of drug-likeness (QED) is 0.672. The number of hydrogen-bond donors (Lipinski definition) is 0. The monoisotopic (exact) mass is 334 g/mol. The van der Waals surface area contributed by atoms with Crippen LogP contribution in [0.5, 0.6) is 0 Å². The lowest BCUT2D eigenvalue weighted by atomic mass is 9.79. The molecule has 128 valence electrons. The second-order valence-corrected chi connectivity index (χ2v) is 7.80. The van der Waals surface area contributed by atoms with Gasteiger partial charge >= 0.3 is 7.12 Å². The van der Waals surface area contributed by atoms with Crippen molar-refractivity contribution in [3.63, 3.8) is 0 Å². The summed E-state index contributed by atoms with van der Waals surface area (Å²) in [5.41, 5.74) is 3.65. The SMILES string of the molecule is Cc1cccc(-n2ncc3ccc(B4OC(C)(C)C(C)(C)O4)cc32)c1. The minimum Gasteiger partial charge on any atom is -0.399 e. The first kappa shape index (κ1) is 16.4. The van der Waals surface area contributed by atoms with Gasteiger partial charge in [-0.05, 0) is 63.8 Å². The minimum absolute atomic E-state index is 0.344. The Bertz CT molecular complexity index is 930. The van der Waals surface area contributed by atoms with E-state index < -0.39 is 0 Å². The van der Waals surface area contributed by atoms with Crippen molar-refractivity contribution in [2.75, 3.05) is 0 Å². The molecule has 0 saturated carbocycles. The van der Waals surface area contributed by atoms with Crippen LogP contribution < -0.4 is 5.46 Å². The largest absolute Gasteiger partial charge is 0.494 e. The average molecular weight is 334 g/mol. The van der Waals surface area contributed by atoms with Crippen LogP contribution in [0, 0.1) is 6.92 Å². The molecule has 0 bridgehead atoms. The van der Waals surface area contributed by atoms with Crippen LogP contribution in [0.25, 0.3) is 16.6 Å².